The second kappa shape index (κ2) is 7.75. The fraction of sp³-hybridized carbons (Fsp3) is 0.722. The highest BCUT2D eigenvalue weighted by molar-refractivity contribution is 5.96. The van der Waals surface area contributed by atoms with Crippen LogP contribution in [0.25, 0.3) is 0 Å². The van der Waals surface area contributed by atoms with Crippen molar-refractivity contribution in [2.75, 3.05) is 32.8 Å². The molecule has 0 aromatic carbocycles. The van der Waals surface area contributed by atoms with Crippen molar-refractivity contribution in [3.63, 3.8) is 0 Å². The van der Waals surface area contributed by atoms with Gasteiger partial charge in [0, 0.05) is 32.8 Å². The lowest BCUT2D eigenvalue weighted by Gasteiger charge is -2.39. The molecule has 1 atom stereocenters. The molecule has 1 unspecified atom stereocenters. The number of oxazole rings is 1. The summed E-state index contributed by atoms with van der Waals surface area (Å²) in [4.78, 5) is 31.6. The number of carbonyl (C=O) groups is 2. The zero-order valence-corrected chi connectivity index (χ0v) is 15.7. The Morgan fingerprint density at radius 2 is 2.19 bits per heavy atom. The largest absolute Gasteiger partial charge is 0.438 e. The van der Waals surface area contributed by atoms with E-state index in [1.165, 1.54) is 6.39 Å². The average Bonchev–Trinajstić information content (AvgIpc) is 2.95. The number of ether oxygens (including phenoxy) is 1. The average molecular weight is 364 g/mol. The zero-order valence-electron chi connectivity index (χ0n) is 15.7. The van der Waals surface area contributed by atoms with Crippen molar-refractivity contribution >= 4 is 11.8 Å². The lowest BCUT2D eigenvalue weighted by molar-refractivity contribution is -0.125. The van der Waals surface area contributed by atoms with Gasteiger partial charge in [-0.2, -0.15) is 0 Å². The van der Waals surface area contributed by atoms with E-state index in [4.69, 9.17) is 9.15 Å². The molecule has 8 nitrogen and oxygen atoms in total. The van der Waals surface area contributed by atoms with E-state index in [1.54, 1.807) is 6.92 Å². The van der Waals surface area contributed by atoms with Crippen molar-refractivity contribution in [1.82, 2.24) is 20.5 Å². The molecule has 2 amide bonds. The van der Waals surface area contributed by atoms with Gasteiger partial charge in [-0.25, -0.2) is 4.98 Å². The quantitative estimate of drug-likeness (QED) is 0.817. The fourth-order valence-electron chi connectivity index (χ4n) is 3.78. The highest BCUT2D eigenvalue weighted by Crippen LogP contribution is 2.25. The summed E-state index contributed by atoms with van der Waals surface area (Å²) in [6.07, 6.45) is 2.81. The molecule has 8 heteroatoms. The molecule has 3 heterocycles. The second-order valence-electron chi connectivity index (χ2n) is 7.76. The van der Waals surface area contributed by atoms with Gasteiger partial charge < -0.3 is 19.8 Å². The third-order valence-corrected chi connectivity index (χ3v) is 5.00. The van der Waals surface area contributed by atoms with E-state index in [0.29, 0.717) is 31.4 Å². The Morgan fingerprint density at radius 1 is 1.46 bits per heavy atom. The molecule has 0 aliphatic carbocycles. The molecule has 1 spiro atoms. The number of amides is 2. The van der Waals surface area contributed by atoms with Crippen LogP contribution in [0, 0.1) is 12.8 Å². The highest BCUT2D eigenvalue weighted by Gasteiger charge is 2.41. The summed E-state index contributed by atoms with van der Waals surface area (Å²) < 4.78 is 10.6. The molecular weight excluding hydrogens is 336 g/mol. The fourth-order valence-corrected chi connectivity index (χ4v) is 3.78. The Bertz CT molecular complexity index is 651. The molecule has 0 saturated carbocycles. The molecule has 26 heavy (non-hydrogen) atoms. The monoisotopic (exact) mass is 364 g/mol. The number of nitrogens with one attached hydrogen (secondary N) is 2. The van der Waals surface area contributed by atoms with Crippen LogP contribution in [-0.4, -0.2) is 66.1 Å². The van der Waals surface area contributed by atoms with Crippen LogP contribution >= 0.6 is 0 Å². The first-order valence-electron chi connectivity index (χ1n) is 9.22. The van der Waals surface area contributed by atoms with Crippen LogP contribution in [-0.2, 0) is 9.53 Å². The predicted molar refractivity (Wildman–Crippen MR) is 94.7 cm³/mol. The van der Waals surface area contributed by atoms with Gasteiger partial charge in [-0.3, -0.25) is 14.5 Å². The van der Waals surface area contributed by atoms with Crippen LogP contribution in [0.3, 0.4) is 0 Å². The molecule has 0 bridgehead atoms. The number of carbonyl (C=O) groups excluding carboxylic acids is 2. The maximum Gasteiger partial charge on any atom is 0.289 e. The Labute approximate surface area is 153 Å². The van der Waals surface area contributed by atoms with Gasteiger partial charge in [0.05, 0.1) is 11.2 Å². The van der Waals surface area contributed by atoms with Crippen LogP contribution in [0.4, 0.5) is 0 Å². The van der Waals surface area contributed by atoms with E-state index in [9.17, 15) is 9.59 Å². The number of hydrogen-bond acceptors (Lipinski definition) is 6. The molecule has 3 rings (SSSR count). The molecule has 2 saturated heterocycles. The lowest BCUT2D eigenvalue weighted by atomic mass is 9.89. The highest BCUT2D eigenvalue weighted by atomic mass is 16.5. The topological polar surface area (TPSA) is 96.7 Å². The molecule has 1 aromatic heterocycles. The van der Waals surface area contributed by atoms with Crippen LogP contribution in [0.5, 0.6) is 0 Å². The minimum Gasteiger partial charge on any atom is -0.438 e. The number of hydrogen-bond donors (Lipinski definition) is 2. The first-order chi connectivity index (χ1) is 12.4. The summed E-state index contributed by atoms with van der Waals surface area (Å²) in [6, 6.07) is -0.632. The van der Waals surface area contributed by atoms with Gasteiger partial charge >= 0.3 is 0 Å². The van der Waals surface area contributed by atoms with Crippen LogP contribution in [0.15, 0.2) is 10.8 Å². The number of nitrogens with zero attached hydrogens (tertiary/aromatic N) is 2. The summed E-state index contributed by atoms with van der Waals surface area (Å²) in [5, 5.41) is 6.01. The maximum atomic E-state index is 12.9. The van der Waals surface area contributed by atoms with Crippen molar-refractivity contribution < 1.29 is 18.7 Å². The van der Waals surface area contributed by atoms with E-state index < -0.39 is 11.9 Å². The molecule has 2 aliphatic rings. The molecule has 2 aliphatic heterocycles. The van der Waals surface area contributed by atoms with Crippen LogP contribution < -0.4 is 10.6 Å². The minimum atomic E-state index is -0.632. The first kappa shape index (κ1) is 18.8. The van der Waals surface area contributed by atoms with Gasteiger partial charge in [-0.1, -0.05) is 13.8 Å². The van der Waals surface area contributed by atoms with Gasteiger partial charge in [-0.15, -0.1) is 0 Å². The van der Waals surface area contributed by atoms with E-state index in [1.807, 2.05) is 0 Å². The van der Waals surface area contributed by atoms with Crippen LogP contribution in [0.2, 0.25) is 0 Å². The first-order valence-corrected chi connectivity index (χ1v) is 9.22. The summed E-state index contributed by atoms with van der Waals surface area (Å²) in [7, 11) is 0. The van der Waals surface area contributed by atoms with E-state index in [2.05, 4.69) is 34.4 Å². The number of aryl methyl sites for hydroxylation is 1. The summed E-state index contributed by atoms with van der Waals surface area (Å²) in [5.41, 5.74) is 0.225. The van der Waals surface area contributed by atoms with E-state index >= 15 is 0 Å². The lowest BCUT2D eigenvalue weighted by Crippen LogP contribution is -2.57. The third kappa shape index (κ3) is 4.24. The molecule has 2 fully saturated rings. The van der Waals surface area contributed by atoms with Crippen molar-refractivity contribution in [1.29, 1.82) is 0 Å². The summed E-state index contributed by atoms with van der Waals surface area (Å²) in [6.45, 7) is 9.41. The molecular formula is C18H28N4O4. The molecule has 2 N–H and O–H groups in total. The minimum absolute atomic E-state index is 0.149. The summed E-state index contributed by atoms with van der Waals surface area (Å²) in [5.74, 6) is 0.0578. The number of aromatic nitrogens is 1. The van der Waals surface area contributed by atoms with Gasteiger partial charge in [0.15, 0.2) is 6.39 Å². The Balaban J connectivity index is 1.77. The standard InChI is InChI=1S/C18H28N4O4/c1-12(2)8-22-9-14(20-17(24)15-13(3)19-11-26-15)16(23)21-18(10-22)4-6-25-7-5-18/h11-12,14H,4-10H2,1-3H3,(H,20,24)(H,21,23). The SMILES string of the molecule is Cc1ncoc1C(=O)NC1CN(CC(C)C)CC2(CCOCC2)NC1=O. The van der Waals surface area contributed by atoms with Gasteiger partial charge in [0.1, 0.15) is 6.04 Å². The summed E-state index contributed by atoms with van der Waals surface area (Å²) >= 11 is 0. The Hall–Kier alpha value is -1.93. The van der Waals surface area contributed by atoms with E-state index in [0.717, 1.165) is 25.9 Å². The normalized spacial score (nSPS) is 23.7. The van der Waals surface area contributed by atoms with Gasteiger partial charge in [0.2, 0.25) is 11.7 Å². The Kier molecular flexibility index (Phi) is 5.62. The van der Waals surface area contributed by atoms with Gasteiger partial charge in [0.25, 0.3) is 5.91 Å². The zero-order chi connectivity index (χ0) is 18.7. The van der Waals surface area contributed by atoms with E-state index in [-0.39, 0.29) is 17.2 Å². The van der Waals surface area contributed by atoms with Crippen molar-refractivity contribution in [2.45, 2.75) is 45.2 Å². The molecule has 0 radical (unpaired) electrons. The third-order valence-electron chi connectivity index (χ3n) is 5.00. The van der Waals surface area contributed by atoms with Crippen molar-refractivity contribution in [2.24, 2.45) is 5.92 Å². The van der Waals surface area contributed by atoms with Crippen LogP contribution in [0.1, 0.15) is 42.9 Å². The Morgan fingerprint density at radius 3 is 2.81 bits per heavy atom. The molecule has 1 aromatic rings. The predicted octanol–water partition coefficient (Wildman–Crippen LogP) is 0.718. The molecule has 144 valence electrons. The maximum absolute atomic E-state index is 12.9. The smallest absolute Gasteiger partial charge is 0.289 e. The van der Waals surface area contributed by atoms with Gasteiger partial charge in [-0.05, 0) is 25.7 Å². The second-order valence-corrected chi connectivity index (χ2v) is 7.76. The van der Waals surface area contributed by atoms with Crippen molar-refractivity contribution in [3.8, 4) is 0 Å². The number of rotatable bonds is 4. The van der Waals surface area contributed by atoms with Crippen molar-refractivity contribution in [3.05, 3.63) is 17.8 Å².